The molecule has 0 fully saturated rings. The highest BCUT2D eigenvalue weighted by atomic mass is 16.3. The van der Waals surface area contributed by atoms with Gasteiger partial charge in [-0.05, 0) is 105 Å². The smallest absolute Gasteiger partial charge is 0.137 e. The Bertz CT molecular complexity index is 3160. The van der Waals surface area contributed by atoms with E-state index >= 15 is 0 Å². The summed E-state index contributed by atoms with van der Waals surface area (Å²) < 4.78 is 8.78. The number of fused-ring (bicyclic) bond motifs is 9. The summed E-state index contributed by atoms with van der Waals surface area (Å²) in [5.41, 5.74) is 10.9. The van der Waals surface area contributed by atoms with Gasteiger partial charge in [0.25, 0.3) is 0 Å². The molecule has 0 unspecified atom stereocenters. The number of benzene rings is 9. The Labute approximate surface area is 306 Å². The fraction of sp³-hybridized carbons (Fsp3) is 0. The number of hydrogen-bond acceptors (Lipinski definition) is 2. The average molecular weight is 677 g/mol. The molecular weight excluding hydrogens is 645 g/mol. The lowest BCUT2D eigenvalue weighted by atomic mass is 9.99. The summed E-state index contributed by atoms with van der Waals surface area (Å²) in [4.78, 5) is 2.33. The molecule has 0 N–H and O–H groups in total. The number of rotatable bonds is 5. The molecule has 0 radical (unpaired) electrons. The molecule has 3 heteroatoms. The Morgan fingerprint density at radius 3 is 1.75 bits per heavy atom. The van der Waals surface area contributed by atoms with Gasteiger partial charge in [0.2, 0.25) is 0 Å². The molecule has 248 valence electrons. The van der Waals surface area contributed by atoms with Crippen molar-refractivity contribution >= 4 is 82.4 Å². The van der Waals surface area contributed by atoms with E-state index < -0.39 is 0 Å². The monoisotopic (exact) mass is 676 g/mol. The van der Waals surface area contributed by atoms with E-state index in [2.05, 4.69) is 191 Å². The minimum atomic E-state index is 0.874. The zero-order valence-electron chi connectivity index (χ0n) is 28.8. The number of furan rings is 1. The molecule has 0 saturated carbocycles. The van der Waals surface area contributed by atoms with Gasteiger partial charge >= 0.3 is 0 Å². The van der Waals surface area contributed by atoms with E-state index in [1.54, 1.807) is 0 Å². The van der Waals surface area contributed by atoms with Crippen molar-refractivity contribution in [3.8, 4) is 16.8 Å². The molecule has 3 nitrogen and oxygen atoms in total. The first-order valence-corrected chi connectivity index (χ1v) is 18.1. The fourth-order valence-corrected chi connectivity index (χ4v) is 8.24. The molecule has 11 rings (SSSR count). The topological polar surface area (TPSA) is 21.3 Å². The first kappa shape index (κ1) is 29.6. The Morgan fingerprint density at radius 2 is 0.943 bits per heavy atom. The third-order valence-electron chi connectivity index (χ3n) is 10.7. The lowest BCUT2D eigenvalue weighted by Gasteiger charge is -2.26. The molecule has 0 bridgehead atoms. The van der Waals surface area contributed by atoms with E-state index in [0.29, 0.717) is 0 Å². The Balaban J connectivity index is 1.10. The summed E-state index contributed by atoms with van der Waals surface area (Å²) >= 11 is 0. The molecule has 0 atom stereocenters. The van der Waals surface area contributed by atoms with E-state index in [1.807, 2.05) is 12.1 Å². The fourth-order valence-electron chi connectivity index (χ4n) is 8.24. The van der Waals surface area contributed by atoms with Gasteiger partial charge in [-0.1, -0.05) is 115 Å². The number of hydrogen-bond donors (Lipinski definition) is 0. The quantitative estimate of drug-likeness (QED) is 0.169. The largest absolute Gasteiger partial charge is 0.456 e. The number of para-hydroxylation sites is 3. The molecule has 0 saturated heterocycles. The summed E-state index contributed by atoms with van der Waals surface area (Å²) in [5.74, 6) is 0. The van der Waals surface area contributed by atoms with Crippen LogP contribution in [-0.2, 0) is 0 Å². The van der Waals surface area contributed by atoms with E-state index in [9.17, 15) is 0 Å². The molecule has 0 amide bonds. The van der Waals surface area contributed by atoms with Crippen LogP contribution >= 0.6 is 0 Å². The van der Waals surface area contributed by atoms with E-state index in [-0.39, 0.29) is 0 Å². The van der Waals surface area contributed by atoms with Gasteiger partial charge in [0.1, 0.15) is 11.2 Å². The number of aromatic nitrogens is 1. The van der Waals surface area contributed by atoms with Gasteiger partial charge in [-0.15, -0.1) is 0 Å². The van der Waals surface area contributed by atoms with E-state index in [4.69, 9.17) is 4.42 Å². The zero-order valence-corrected chi connectivity index (χ0v) is 28.8. The van der Waals surface area contributed by atoms with Crippen molar-refractivity contribution in [1.82, 2.24) is 4.57 Å². The number of nitrogens with zero attached hydrogens (tertiary/aromatic N) is 2. The predicted molar refractivity (Wildman–Crippen MR) is 223 cm³/mol. The second kappa shape index (κ2) is 11.7. The van der Waals surface area contributed by atoms with Gasteiger partial charge in [0.05, 0.1) is 11.0 Å². The molecule has 0 aliphatic heterocycles. The van der Waals surface area contributed by atoms with Gasteiger partial charge in [-0.3, -0.25) is 0 Å². The Morgan fingerprint density at radius 1 is 0.340 bits per heavy atom. The van der Waals surface area contributed by atoms with Crippen LogP contribution in [0.1, 0.15) is 0 Å². The lowest BCUT2D eigenvalue weighted by Crippen LogP contribution is -2.09. The second-order valence-electron chi connectivity index (χ2n) is 13.8. The zero-order chi connectivity index (χ0) is 34.9. The van der Waals surface area contributed by atoms with Crippen LogP contribution in [0.15, 0.2) is 199 Å². The van der Waals surface area contributed by atoms with Crippen LogP contribution in [0.4, 0.5) is 17.1 Å². The van der Waals surface area contributed by atoms with Crippen LogP contribution in [0.5, 0.6) is 0 Å². The molecule has 53 heavy (non-hydrogen) atoms. The molecule has 0 aliphatic carbocycles. The Hall–Kier alpha value is -7.10. The first-order valence-electron chi connectivity index (χ1n) is 18.1. The van der Waals surface area contributed by atoms with Crippen LogP contribution in [0.2, 0.25) is 0 Å². The van der Waals surface area contributed by atoms with Crippen molar-refractivity contribution in [3.05, 3.63) is 194 Å². The molecule has 2 heterocycles. The van der Waals surface area contributed by atoms with Gasteiger partial charge < -0.3 is 13.9 Å². The lowest BCUT2D eigenvalue weighted by molar-refractivity contribution is 0.669. The summed E-state index contributed by atoms with van der Waals surface area (Å²) in [6.45, 7) is 0. The minimum Gasteiger partial charge on any atom is -0.456 e. The van der Waals surface area contributed by atoms with Crippen molar-refractivity contribution in [1.29, 1.82) is 0 Å². The number of anilines is 3. The van der Waals surface area contributed by atoms with Gasteiger partial charge in [-0.2, -0.15) is 0 Å². The highest BCUT2D eigenvalue weighted by Gasteiger charge is 2.18. The van der Waals surface area contributed by atoms with Crippen molar-refractivity contribution in [2.24, 2.45) is 0 Å². The van der Waals surface area contributed by atoms with Gasteiger partial charge in [0.15, 0.2) is 0 Å². The van der Waals surface area contributed by atoms with Crippen LogP contribution in [0, 0.1) is 0 Å². The van der Waals surface area contributed by atoms with Crippen molar-refractivity contribution in [2.75, 3.05) is 4.90 Å². The first-order chi connectivity index (χ1) is 26.3. The summed E-state index contributed by atoms with van der Waals surface area (Å²) in [6.07, 6.45) is 0. The third-order valence-corrected chi connectivity index (χ3v) is 10.7. The standard InChI is InChI=1S/C50H32N2O/c1-3-11-33(12-4-1)34-21-23-38(24-22-34)51(40-26-28-44-43-16-8-10-18-49(43)53-50(44)31-40)39-25-27-41-35(29-39)19-20-36-30-46-42-15-7-9-17-47(42)52(48(46)32-45(36)41)37-13-5-2-6-14-37/h1-32H. The van der Waals surface area contributed by atoms with Crippen LogP contribution in [0.3, 0.4) is 0 Å². The molecule has 11 aromatic rings. The van der Waals surface area contributed by atoms with Crippen LogP contribution in [0.25, 0.3) is 82.1 Å². The maximum atomic E-state index is 6.38. The second-order valence-corrected chi connectivity index (χ2v) is 13.8. The molecule has 9 aromatic carbocycles. The third kappa shape index (κ3) is 4.75. The van der Waals surface area contributed by atoms with E-state index in [0.717, 1.165) is 44.7 Å². The molecule has 0 aliphatic rings. The molecule has 0 spiro atoms. The highest BCUT2D eigenvalue weighted by Crippen LogP contribution is 2.42. The van der Waals surface area contributed by atoms with Gasteiger partial charge in [0, 0.05) is 50.4 Å². The maximum Gasteiger partial charge on any atom is 0.137 e. The molecule has 2 aromatic heterocycles. The van der Waals surface area contributed by atoms with Crippen LogP contribution < -0.4 is 4.90 Å². The SMILES string of the molecule is c1ccc(-c2ccc(N(c3ccc4c(ccc5cc6c7ccccc7n(-c7ccccc7)c6cc54)c3)c3ccc4c(c3)oc3ccccc34)cc2)cc1. The Kier molecular flexibility index (Phi) is 6.55. The maximum absolute atomic E-state index is 6.38. The van der Waals surface area contributed by atoms with Gasteiger partial charge in [-0.25, -0.2) is 0 Å². The highest BCUT2D eigenvalue weighted by molar-refractivity contribution is 6.18. The molecular formula is C50H32N2O. The summed E-state index contributed by atoms with van der Waals surface area (Å²) in [7, 11) is 0. The minimum absolute atomic E-state index is 0.874. The van der Waals surface area contributed by atoms with E-state index in [1.165, 1.54) is 54.5 Å². The summed E-state index contributed by atoms with van der Waals surface area (Å²) in [5, 5.41) is 9.66. The van der Waals surface area contributed by atoms with Crippen molar-refractivity contribution in [3.63, 3.8) is 0 Å². The van der Waals surface area contributed by atoms with Crippen LogP contribution in [-0.4, -0.2) is 4.57 Å². The summed E-state index contributed by atoms with van der Waals surface area (Å²) in [6, 6.07) is 69.8. The van der Waals surface area contributed by atoms with Crippen molar-refractivity contribution < 1.29 is 4.42 Å². The normalized spacial score (nSPS) is 11.8. The average Bonchev–Trinajstić information content (AvgIpc) is 3.76. The predicted octanol–water partition coefficient (Wildman–Crippen LogP) is 14.1. The van der Waals surface area contributed by atoms with Crippen molar-refractivity contribution in [2.45, 2.75) is 0 Å².